The van der Waals surface area contributed by atoms with Gasteiger partial charge in [0.2, 0.25) is 0 Å². The van der Waals surface area contributed by atoms with Gasteiger partial charge in [-0.1, -0.05) is 54.8 Å². The standard InChI is InChI=1S/C17H19NO2/c1-5-8-11-15(12-19-4)17-16(13-20-18-17)14(9-6-2)10-7-3/h5-13H,1-2H2,3-4H3/b10-7-,11-8-,14-9+,15-12+. The molecule has 1 aromatic heterocycles. The van der Waals surface area contributed by atoms with Crippen LogP contribution in [0.3, 0.4) is 0 Å². The Kier molecular flexibility index (Phi) is 6.62. The zero-order valence-electron chi connectivity index (χ0n) is 11.9. The van der Waals surface area contributed by atoms with Crippen molar-refractivity contribution in [1.82, 2.24) is 5.16 Å². The van der Waals surface area contributed by atoms with E-state index in [-0.39, 0.29) is 0 Å². The van der Waals surface area contributed by atoms with E-state index < -0.39 is 0 Å². The number of methoxy groups -OCH3 is 1. The molecule has 1 heterocycles. The zero-order chi connectivity index (χ0) is 14.8. The summed E-state index contributed by atoms with van der Waals surface area (Å²) in [5.74, 6) is 0. The Morgan fingerprint density at radius 3 is 2.65 bits per heavy atom. The van der Waals surface area contributed by atoms with Gasteiger partial charge in [0, 0.05) is 11.1 Å². The number of rotatable bonds is 7. The molecule has 0 spiro atoms. The van der Waals surface area contributed by atoms with E-state index in [9.17, 15) is 0 Å². The van der Waals surface area contributed by atoms with Crippen LogP contribution in [0.25, 0.3) is 11.1 Å². The molecule has 0 unspecified atom stereocenters. The maximum Gasteiger partial charge on any atom is 0.132 e. The fourth-order valence-electron chi connectivity index (χ4n) is 1.66. The average molecular weight is 269 g/mol. The smallest absolute Gasteiger partial charge is 0.132 e. The highest BCUT2D eigenvalue weighted by Gasteiger charge is 2.13. The predicted octanol–water partition coefficient (Wildman–Crippen LogP) is 4.55. The second-order valence-corrected chi connectivity index (χ2v) is 3.84. The Balaban J connectivity index is 3.33. The fraction of sp³-hybridized carbons (Fsp3) is 0.118. The summed E-state index contributed by atoms with van der Waals surface area (Å²) in [6.45, 7) is 9.33. The molecule has 0 amide bonds. The van der Waals surface area contributed by atoms with E-state index in [4.69, 9.17) is 9.26 Å². The molecule has 0 saturated carbocycles. The molecule has 0 fully saturated rings. The van der Waals surface area contributed by atoms with Gasteiger partial charge in [-0.3, -0.25) is 0 Å². The van der Waals surface area contributed by atoms with Crippen molar-refractivity contribution in [3.05, 3.63) is 79.5 Å². The van der Waals surface area contributed by atoms with Crippen molar-refractivity contribution in [3.8, 4) is 0 Å². The van der Waals surface area contributed by atoms with Gasteiger partial charge in [0.05, 0.1) is 13.4 Å². The molecule has 0 bridgehead atoms. The first-order valence-corrected chi connectivity index (χ1v) is 6.21. The van der Waals surface area contributed by atoms with Crippen LogP contribution < -0.4 is 0 Å². The van der Waals surface area contributed by atoms with Gasteiger partial charge in [-0.15, -0.1) is 0 Å². The van der Waals surface area contributed by atoms with Crippen molar-refractivity contribution in [2.45, 2.75) is 6.92 Å². The van der Waals surface area contributed by atoms with Crippen molar-refractivity contribution in [3.63, 3.8) is 0 Å². The van der Waals surface area contributed by atoms with E-state index in [1.165, 1.54) is 0 Å². The van der Waals surface area contributed by atoms with Crippen molar-refractivity contribution in [2.75, 3.05) is 7.11 Å². The number of nitrogens with zero attached hydrogens (tertiary/aromatic N) is 1. The molecular formula is C17H19NO2. The molecule has 0 aromatic carbocycles. The number of allylic oxidation sites excluding steroid dienone is 9. The topological polar surface area (TPSA) is 35.3 Å². The highest BCUT2D eigenvalue weighted by atomic mass is 16.5. The van der Waals surface area contributed by atoms with Crippen LogP contribution in [0.15, 0.2) is 72.7 Å². The Hall–Kier alpha value is -2.55. The minimum Gasteiger partial charge on any atom is -0.504 e. The predicted molar refractivity (Wildman–Crippen MR) is 83.8 cm³/mol. The van der Waals surface area contributed by atoms with Crippen LogP contribution in [0, 0.1) is 0 Å². The molecule has 0 atom stereocenters. The molecule has 0 saturated heterocycles. The first kappa shape index (κ1) is 15.5. The second-order valence-electron chi connectivity index (χ2n) is 3.84. The summed E-state index contributed by atoms with van der Waals surface area (Å²) in [6, 6.07) is 0. The lowest BCUT2D eigenvalue weighted by Gasteiger charge is -2.03. The quantitative estimate of drug-likeness (QED) is 0.538. The zero-order valence-corrected chi connectivity index (χ0v) is 11.9. The van der Waals surface area contributed by atoms with Gasteiger partial charge in [-0.2, -0.15) is 0 Å². The summed E-state index contributed by atoms with van der Waals surface area (Å²) in [7, 11) is 1.59. The summed E-state index contributed by atoms with van der Waals surface area (Å²) >= 11 is 0. The maximum absolute atomic E-state index is 5.11. The SMILES string of the molecule is C=C/C=C\C(=C/OC)c1nocc1C(/C=C\C)=C/C=C. The van der Waals surface area contributed by atoms with Gasteiger partial charge in [0.15, 0.2) is 0 Å². The van der Waals surface area contributed by atoms with Crippen LogP contribution in [-0.4, -0.2) is 12.3 Å². The first-order chi connectivity index (χ1) is 9.78. The number of aromatic nitrogens is 1. The second kappa shape index (κ2) is 8.53. The minimum absolute atomic E-state index is 0.705. The lowest BCUT2D eigenvalue weighted by Crippen LogP contribution is -1.89. The molecule has 3 heteroatoms. The molecule has 0 aliphatic heterocycles. The minimum atomic E-state index is 0.705. The Bertz CT molecular complexity index is 572. The van der Waals surface area contributed by atoms with Crippen LogP contribution >= 0.6 is 0 Å². The molecule has 1 aromatic rings. The monoisotopic (exact) mass is 269 g/mol. The molecule has 0 radical (unpaired) electrons. The van der Waals surface area contributed by atoms with E-state index in [1.807, 2.05) is 37.3 Å². The van der Waals surface area contributed by atoms with Crippen LogP contribution in [-0.2, 0) is 4.74 Å². The maximum atomic E-state index is 5.11. The van der Waals surface area contributed by atoms with Crippen LogP contribution in [0.1, 0.15) is 18.2 Å². The molecule has 0 aliphatic rings. The Morgan fingerprint density at radius 1 is 1.25 bits per heavy atom. The summed E-state index contributed by atoms with van der Waals surface area (Å²) in [4.78, 5) is 0. The van der Waals surface area contributed by atoms with E-state index >= 15 is 0 Å². The largest absolute Gasteiger partial charge is 0.504 e. The molecule has 0 aliphatic carbocycles. The van der Waals surface area contributed by atoms with Gasteiger partial charge in [0.25, 0.3) is 0 Å². The third-order valence-corrected chi connectivity index (χ3v) is 2.45. The van der Waals surface area contributed by atoms with Crippen LogP contribution in [0.2, 0.25) is 0 Å². The van der Waals surface area contributed by atoms with Crippen molar-refractivity contribution < 1.29 is 9.26 Å². The Morgan fingerprint density at radius 2 is 2.05 bits per heavy atom. The fourth-order valence-corrected chi connectivity index (χ4v) is 1.66. The summed E-state index contributed by atoms with van der Waals surface area (Å²) in [5.41, 5.74) is 3.35. The summed E-state index contributed by atoms with van der Waals surface area (Å²) < 4.78 is 10.2. The van der Waals surface area contributed by atoms with Gasteiger partial charge < -0.3 is 9.26 Å². The number of ether oxygens (including phenoxy) is 1. The van der Waals surface area contributed by atoms with E-state index in [0.717, 1.165) is 16.7 Å². The molecule has 1 rings (SSSR count). The third-order valence-electron chi connectivity index (χ3n) is 2.45. The molecule has 0 N–H and O–H groups in total. The molecule has 20 heavy (non-hydrogen) atoms. The Labute approximate surface area is 119 Å². The first-order valence-electron chi connectivity index (χ1n) is 6.21. The number of hydrogen-bond donors (Lipinski definition) is 0. The number of hydrogen-bond acceptors (Lipinski definition) is 3. The van der Waals surface area contributed by atoms with Gasteiger partial charge in [0.1, 0.15) is 12.0 Å². The van der Waals surface area contributed by atoms with Crippen molar-refractivity contribution in [2.24, 2.45) is 0 Å². The summed E-state index contributed by atoms with van der Waals surface area (Å²) in [5, 5.41) is 4.06. The normalized spacial score (nSPS) is 13.1. The van der Waals surface area contributed by atoms with Crippen molar-refractivity contribution in [1.29, 1.82) is 0 Å². The van der Waals surface area contributed by atoms with Crippen LogP contribution in [0.4, 0.5) is 0 Å². The highest BCUT2D eigenvalue weighted by Crippen LogP contribution is 2.26. The van der Waals surface area contributed by atoms with E-state index in [2.05, 4.69) is 18.3 Å². The molecular weight excluding hydrogens is 250 g/mol. The third kappa shape index (κ3) is 3.99. The lowest BCUT2D eigenvalue weighted by atomic mass is 10.0. The van der Waals surface area contributed by atoms with Gasteiger partial charge in [-0.05, 0) is 18.6 Å². The lowest BCUT2D eigenvalue weighted by molar-refractivity contribution is 0.339. The van der Waals surface area contributed by atoms with Crippen molar-refractivity contribution >= 4 is 11.1 Å². The molecule has 3 nitrogen and oxygen atoms in total. The average Bonchev–Trinajstić information content (AvgIpc) is 2.92. The van der Waals surface area contributed by atoms with Gasteiger partial charge in [-0.25, -0.2) is 0 Å². The summed E-state index contributed by atoms with van der Waals surface area (Å²) in [6.07, 6.45) is 16.1. The highest BCUT2D eigenvalue weighted by molar-refractivity contribution is 5.84. The van der Waals surface area contributed by atoms with E-state index in [0.29, 0.717) is 5.69 Å². The van der Waals surface area contributed by atoms with E-state index in [1.54, 1.807) is 31.8 Å². The van der Waals surface area contributed by atoms with Crippen LogP contribution in [0.5, 0.6) is 0 Å². The van der Waals surface area contributed by atoms with Gasteiger partial charge >= 0.3 is 0 Å². The molecule has 104 valence electrons.